The Morgan fingerprint density at radius 3 is 2.15 bits per heavy atom. The maximum Gasteiger partial charge on any atom is 0.323 e. The number of carbonyl (C=O) groups excluding carboxylic acids is 1. The van der Waals surface area contributed by atoms with Crippen molar-refractivity contribution in [3.8, 4) is 11.4 Å². The predicted molar refractivity (Wildman–Crippen MR) is 133 cm³/mol. The standard InChI is InChI=1S/C24H27N5O4S/c1-17-3-7-19(8-4-17)26-24(30)27-20-9-5-18(6-10-20)23-25-21(16-34(2,31)32)15-22(28-23)29-11-13-33-14-12-29/h3-10,15H,11-14,16H2,1-2H3,(H2,26,27,30). The Morgan fingerprint density at radius 1 is 0.971 bits per heavy atom. The number of nitrogens with zero attached hydrogens (tertiary/aromatic N) is 3. The molecule has 1 aliphatic heterocycles. The topological polar surface area (TPSA) is 114 Å². The fourth-order valence-corrected chi connectivity index (χ4v) is 4.23. The lowest BCUT2D eigenvalue weighted by molar-refractivity contribution is 0.122. The number of amides is 2. The minimum atomic E-state index is -3.26. The molecule has 2 aromatic carbocycles. The summed E-state index contributed by atoms with van der Waals surface area (Å²) in [5.74, 6) is 0.934. The van der Waals surface area contributed by atoms with Gasteiger partial charge in [-0.3, -0.25) is 0 Å². The van der Waals surface area contributed by atoms with Crippen LogP contribution in [0.25, 0.3) is 11.4 Å². The fourth-order valence-electron chi connectivity index (χ4n) is 3.54. The highest BCUT2D eigenvalue weighted by atomic mass is 32.2. The number of urea groups is 1. The average Bonchev–Trinajstić information content (AvgIpc) is 2.80. The molecule has 2 amide bonds. The summed E-state index contributed by atoms with van der Waals surface area (Å²) >= 11 is 0. The summed E-state index contributed by atoms with van der Waals surface area (Å²) in [6, 6.07) is 16.0. The second-order valence-electron chi connectivity index (χ2n) is 8.23. The van der Waals surface area contributed by atoms with Gasteiger partial charge in [0, 0.05) is 42.3 Å². The van der Waals surface area contributed by atoms with Crippen molar-refractivity contribution in [1.29, 1.82) is 0 Å². The molecule has 0 spiro atoms. The van der Waals surface area contributed by atoms with E-state index < -0.39 is 9.84 Å². The van der Waals surface area contributed by atoms with E-state index in [0.717, 1.165) is 5.56 Å². The molecule has 0 bridgehead atoms. The van der Waals surface area contributed by atoms with Gasteiger partial charge in [0.1, 0.15) is 5.82 Å². The van der Waals surface area contributed by atoms with Crippen LogP contribution in [0.1, 0.15) is 11.3 Å². The van der Waals surface area contributed by atoms with E-state index in [2.05, 4.69) is 25.5 Å². The van der Waals surface area contributed by atoms with Crippen LogP contribution < -0.4 is 15.5 Å². The van der Waals surface area contributed by atoms with Crippen LogP contribution in [-0.2, 0) is 20.3 Å². The molecule has 10 heteroatoms. The molecular weight excluding hydrogens is 454 g/mol. The second-order valence-corrected chi connectivity index (χ2v) is 10.4. The summed E-state index contributed by atoms with van der Waals surface area (Å²) in [5.41, 5.74) is 3.57. The normalized spacial score (nSPS) is 14.0. The summed E-state index contributed by atoms with van der Waals surface area (Å²) in [7, 11) is -3.26. The number of aromatic nitrogens is 2. The number of rotatable bonds is 6. The third-order valence-electron chi connectivity index (χ3n) is 5.22. The maximum atomic E-state index is 12.3. The summed E-state index contributed by atoms with van der Waals surface area (Å²) in [5, 5.41) is 5.59. The Labute approximate surface area is 199 Å². The number of sulfone groups is 1. The first-order valence-electron chi connectivity index (χ1n) is 10.9. The van der Waals surface area contributed by atoms with E-state index in [4.69, 9.17) is 4.74 Å². The summed E-state index contributed by atoms with van der Waals surface area (Å²) in [6.45, 7) is 4.51. The van der Waals surface area contributed by atoms with Gasteiger partial charge in [-0.15, -0.1) is 0 Å². The van der Waals surface area contributed by atoms with E-state index in [1.165, 1.54) is 6.26 Å². The molecule has 2 heterocycles. The molecule has 9 nitrogen and oxygen atoms in total. The van der Waals surface area contributed by atoms with E-state index >= 15 is 0 Å². The Hall–Kier alpha value is -3.50. The van der Waals surface area contributed by atoms with Crippen molar-refractivity contribution in [3.05, 3.63) is 65.9 Å². The van der Waals surface area contributed by atoms with Gasteiger partial charge >= 0.3 is 6.03 Å². The van der Waals surface area contributed by atoms with Crippen LogP contribution in [0.3, 0.4) is 0 Å². The van der Waals surface area contributed by atoms with E-state index in [9.17, 15) is 13.2 Å². The van der Waals surface area contributed by atoms with Crippen molar-refractivity contribution in [3.63, 3.8) is 0 Å². The van der Waals surface area contributed by atoms with Crippen molar-refractivity contribution in [2.24, 2.45) is 0 Å². The van der Waals surface area contributed by atoms with Gasteiger partial charge in [-0.05, 0) is 43.3 Å². The Balaban J connectivity index is 1.52. The molecule has 4 rings (SSSR count). The number of hydrogen-bond donors (Lipinski definition) is 2. The number of anilines is 3. The second kappa shape index (κ2) is 10.2. The van der Waals surface area contributed by atoms with Crippen LogP contribution in [0, 0.1) is 6.92 Å². The Bertz CT molecular complexity index is 1260. The third-order valence-corrected chi connectivity index (χ3v) is 6.04. The van der Waals surface area contributed by atoms with Crippen molar-refractivity contribution in [2.45, 2.75) is 12.7 Å². The molecule has 34 heavy (non-hydrogen) atoms. The lowest BCUT2D eigenvalue weighted by Gasteiger charge is -2.28. The number of ether oxygens (including phenoxy) is 1. The van der Waals surface area contributed by atoms with Crippen molar-refractivity contribution in [1.82, 2.24) is 9.97 Å². The maximum absolute atomic E-state index is 12.3. The van der Waals surface area contributed by atoms with Crippen molar-refractivity contribution in [2.75, 3.05) is 48.1 Å². The largest absolute Gasteiger partial charge is 0.378 e. The first-order chi connectivity index (χ1) is 16.2. The Morgan fingerprint density at radius 2 is 1.56 bits per heavy atom. The lowest BCUT2D eigenvalue weighted by atomic mass is 10.2. The molecule has 0 saturated carbocycles. The minimum Gasteiger partial charge on any atom is -0.378 e. The van der Waals surface area contributed by atoms with Crippen LogP contribution in [0.15, 0.2) is 54.6 Å². The van der Waals surface area contributed by atoms with Gasteiger partial charge in [-0.25, -0.2) is 23.2 Å². The minimum absolute atomic E-state index is 0.168. The molecule has 3 aromatic rings. The van der Waals surface area contributed by atoms with E-state index in [-0.39, 0.29) is 11.8 Å². The van der Waals surface area contributed by atoms with Crippen LogP contribution in [0.2, 0.25) is 0 Å². The zero-order chi connectivity index (χ0) is 24.1. The monoisotopic (exact) mass is 481 g/mol. The van der Waals surface area contributed by atoms with Gasteiger partial charge in [-0.1, -0.05) is 17.7 Å². The number of carbonyl (C=O) groups is 1. The van der Waals surface area contributed by atoms with Crippen molar-refractivity contribution >= 4 is 33.1 Å². The Kier molecular flexibility index (Phi) is 7.09. The van der Waals surface area contributed by atoms with E-state index in [0.29, 0.717) is 60.6 Å². The molecule has 1 saturated heterocycles. The van der Waals surface area contributed by atoms with Gasteiger partial charge in [0.15, 0.2) is 15.7 Å². The smallest absolute Gasteiger partial charge is 0.323 e. The molecule has 178 valence electrons. The number of morpholine rings is 1. The van der Waals surface area contributed by atoms with Crippen LogP contribution in [0.4, 0.5) is 22.0 Å². The molecule has 0 unspecified atom stereocenters. The van der Waals surface area contributed by atoms with Gasteiger partial charge in [0.05, 0.1) is 24.7 Å². The molecule has 1 aliphatic rings. The number of aryl methyl sites for hydroxylation is 1. The zero-order valence-corrected chi connectivity index (χ0v) is 19.9. The highest BCUT2D eigenvalue weighted by Gasteiger charge is 2.17. The molecule has 2 N–H and O–H groups in total. The van der Waals surface area contributed by atoms with Crippen LogP contribution in [-0.4, -0.2) is 57.0 Å². The summed E-state index contributed by atoms with van der Waals surface area (Å²) in [4.78, 5) is 23.5. The number of benzene rings is 2. The quantitative estimate of drug-likeness (QED) is 0.554. The first-order valence-corrected chi connectivity index (χ1v) is 12.9. The van der Waals surface area contributed by atoms with E-state index in [1.807, 2.05) is 31.2 Å². The molecular formula is C24H27N5O4S. The zero-order valence-electron chi connectivity index (χ0n) is 19.1. The molecule has 0 atom stereocenters. The van der Waals surface area contributed by atoms with Gasteiger partial charge in [0.25, 0.3) is 0 Å². The molecule has 1 fully saturated rings. The first kappa shape index (κ1) is 23.7. The fraction of sp³-hybridized carbons (Fsp3) is 0.292. The summed E-state index contributed by atoms with van der Waals surface area (Å²) in [6.07, 6.45) is 1.19. The van der Waals surface area contributed by atoms with Gasteiger partial charge in [0.2, 0.25) is 0 Å². The summed E-state index contributed by atoms with van der Waals surface area (Å²) < 4.78 is 29.2. The number of hydrogen-bond acceptors (Lipinski definition) is 7. The average molecular weight is 482 g/mol. The van der Waals surface area contributed by atoms with Crippen LogP contribution in [0.5, 0.6) is 0 Å². The van der Waals surface area contributed by atoms with Crippen molar-refractivity contribution < 1.29 is 17.9 Å². The van der Waals surface area contributed by atoms with E-state index in [1.54, 1.807) is 30.3 Å². The third kappa shape index (κ3) is 6.52. The lowest BCUT2D eigenvalue weighted by Crippen LogP contribution is -2.37. The molecule has 1 aromatic heterocycles. The predicted octanol–water partition coefficient (Wildman–Crippen LogP) is 3.48. The SMILES string of the molecule is Cc1ccc(NC(=O)Nc2ccc(-c3nc(CS(C)(=O)=O)cc(N4CCOCC4)n3)cc2)cc1. The number of nitrogens with one attached hydrogen (secondary N) is 2. The molecule has 0 radical (unpaired) electrons. The highest BCUT2D eigenvalue weighted by Crippen LogP contribution is 2.23. The highest BCUT2D eigenvalue weighted by molar-refractivity contribution is 7.89. The molecule has 0 aliphatic carbocycles. The van der Waals surface area contributed by atoms with Gasteiger partial charge in [-0.2, -0.15) is 0 Å². The van der Waals surface area contributed by atoms with Crippen LogP contribution >= 0.6 is 0 Å². The van der Waals surface area contributed by atoms with Gasteiger partial charge < -0.3 is 20.3 Å².